The van der Waals surface area contributed by atoms with Gasteiger partial charge in [-0.05, 0) is 48.9 Å². The number of fused-ring (bicyclic) bond motifs is 1. The van der Waals surface area contributed by atoms with Crippen LogP contribution in [0.2, 0.25) is 0 Å². The quantitative estimate of drug-likeness (QED) is 0.167. The van der Waals surface area contributed by atoms with Crippen LogP contribution < -0.4 is 10.1 Å². The van der Waals surface area contributed by atoms with Crippen LogP contribution in [0.5, 0.6) is 5.75 Å². The average molecular weight is 550 g/mol. The number of alkyl carbamates (subject to hydrolysis) is 1. The van der Waals surface area contributed by atoms with Gasteiger partial charge in [-0.25, -0.2) is 14.4 Å². The normalized spacial score (nSPS) is 20.4. The van der Waals surface area contributed by atoms with Crippen LogP contribution in [0.3, 0.4) is 0 Å². The maximum Gasteiger partial charge on any atom is 0.411 e. The zero-order chi connectivity index (χ0) is 28.7. The molecule has 0 spiro atoms. The van der Waals surface area contributed by atoms with E-state index >= 15 is 0 Å². The van der Waals surface area contributed by atoms with Gasteiger partial charge in [0.1, 0.15) is 17.4 Å². The van der Waals surface area contributed by atoms with Gasteiger partial charge in [-0.1, -0.05) is 75.2 Å². The highest BCUT2D eigenvalue weighted by molar-refractivity contribution is 5.97. The van der Waals surface area contributed by atoms with E-state index in [0.717, 1.165) is 19.3 Å². The third kappa shape index (κ3) is 9.68. The van der Waals surface area contributed by atoms with Crippen molar-refractivity contribution in [2.24, 2.45) is 5.92 Å². The highest BCUT2D eigenvalue weighted by Crippen LogP contribution is 2.28. The number of hydrogen-bond acceptors (Lipinski definition) is 7. The van der Waals surface area contributed by atoms with Crippen molar-refractivity contribution in [3.05, 3.63) is 89.6 Å². The summed E-state index contributed by atoms with van der Waals surface area (Å²) in [6.45, 7) is 4.37. The third-order valence-electron chi connectivity index (χ3n) is 6.68. The molecule has 0 saturated carbocycles. The fraction of sp³-hybridized carbons (Fsp3) is 0.406. The van der Waals surface area contributed by atoms with Crippen LogP contribution in [0.15, 0.2) is 73.0 Å². The number of cyclic esters (lactones) is 1. The maximum atomic E-state index is 13.5. The number of benzene rings is 2. The van der Waals surface area contributed by atoms with E-state index < -0.39 is 30.2 Å². The zero-order valence-electron chi connectivity index (χ0n) is 23.2. The van der Waals surface area contributed by atoms with Gasteiger partial charge in [-0.3, -0.25) is 5.32 Å². The summed E-state index contributed by atoms with van der Waals surface area (Å²) in [5, 5.41) is 13.3. The molecule has 2 aromatic carbocycles. The Balaban J connectivity index is 1.78. The van der Waals surface area contributed by atoms with Crippen molar-refractivity contribution >= 4 is 18.0 Å². The Morgan fingerprint density at radius 3 is 2.67 bits per heavy atom. The minimum atomic E-state index is -0.711. The van der Waals surface area contributed by atoms with Gasteiger partial charge >= 0.3 is 18.0 Å². The Labute approximate surface area is 236 Å². The molecule has 0 aliphatic carbocycles. The van der Waals surface area contributed by atoms with Crippen LogP contribution in [0, 0.1) is 5.92 Å². The molecular formula is C32H39NO7. The maximum absolute atomic E-state index is 13.5. The van der Waals surface area contributed by atoms with Gasteiger partial charge in [0.25, 0.3) is 0 Å². The number of unbranched alkanes of at least 4 members (excludes halogenated alkanes) is 2. The van der Waals surface area contributed by atoms with E-state index in [-0.39, 0.29) is 30.1 Å². The van der Waals surface area contributed by atoms with Gasteiger partial charge in [0.15, 0.2) is 0 Å². The lowest BCUT2D eigenvalue weighted by Crippen LogP contribution is -2.28. The van der Waals surface area contributed by atoms with E-state index in [1.807, 2.05) is 19.1 Å². The number of aliphatic hydroxyl groups is 1. The molecule has 40 heavy (non-hydrogen) atoms. The van der Waals surface area contributed by atoms with Gasteiger partial charge in [0.2, 0.25) is 0 Å². The molecule has 1 heterocycles. The lowest BCUT2D eigenvalue weighted by molar-refractivity contribution is 0.00678. The second kappa shape index (κ2) is 16.3. The second-order valence-corrected chi connectivity index (χ2v) is 9.89. The van der Waals surface area contributed by atoms with Crippen LogP contribution >= 0.6 is 0 Å². The predicted molar refractivity (Wildman–Crippen MR) is 152 cm³/mol. The molecule has 2 N–H and O–H groups in total. The minimum Gasteiger partial charge on any atom is -0.458 e. The summed E-state index contributed by atoms with van der Waals surface area (Å²) in [6.07, 6.45) is 9.46. The Morgan fingerprint density at radius 1 is 1.10 bits per heavy atom. The number of esters is 2. The number of allylic oxidation sites excluding steroid dienone is 2. The monoisotopic (exact) mass is 549 g/mol. The first-order valence-corrected chi connectivity index (χ1v) is 13.9. The summed E-state index contributed by atoms with van der Waals surface area (Å²) in [4.78, 5) is 38.2. The third-order valence-corrected chi connectivity index (χ3v) is 6.68. The van der Waals surface area contributed by atoms with Crippen molar-refractivity contribution in [3.63, 3.8) is 0 Å². The standard InChI is InChI=1S/C32H39NO7/c1-3-4-10-21-38-32(37)33-20-12-18-26-22-27(34)23(2)13-8-9-14-24-17-11-19-28(29(24)31(36)39-26)40-30(35)25-15-6-5-7-16-25/h5-9,11-12,15-17,19-20,23,26-27,34H,3-4,10,13-14,18,21-22H2,1-2H3,(H,33,37)/b9-8+,20-12+/t23-,26-,27+/m0/s1. The second-order valence-electron chi connectivity index (χ2n) is 9.89. The number of amides is 1. The Hall–Kier alpha value is -3.91. The van der Waals surface area contributed by atoms with Crippen LogP contribution in [0.25, 0.3) is 0 Å². The lowest BCUT2D eigenvalue weighted by atomic mass is 9.93. The molecule has 0 unspecified atom stereocenters. The molecule has 8 heteroatoms. The molecule has 2 aromatic rings. The van der Waals surface area contributed by atoms with Crippen molar-refractivity contribution in [2.75, 3.05) is 6.61 Å². The molecule has 214 valence electrons. The van der Waals surface area contributed by atoms with E-state index in [1.54, 1.807) is 54.6 Å². The zero-order valence-corrected chi connectivity index (χ0v) is 23.2. The lowest BCUT2D eigenvalue weighted by Gasteiger charge is -2.25. The fourth-order valence-electron chi connectivity index (χ4n) is 4.28. The van der Waals surface area contributed by atoms with Gasteiger partial charge in [-0.2, -0.15) is 0 Å². The Bertz CT molecular complexity index is 1180. The molecule has 0 fully saturated rings. The van der Waals surface area contributed by atoms with E-state index in [1.165, 1.54) is 6.20 Å². The van der Waals surface area contributed by atoms with Crippen molar-refractivity contribution in [1.29, 1.82) is 0 Å². The van der Waals surface area contributed by atoms with Crippen molar-refractivity contribution < 1.29 is 33.7 Å². The van der Waals surface area contributed by atoms with Gasteiger partial charge in [0.05, 0.1) is 18.3 Å². The first-order chi connectivity index (χ1) is 19.4. The number of carbonyl (C=O) groups is 3. The van der Waals surface area contributed by atoms with Crippen LogP contribution in [0.4, 0.5) is 4.79 Å². The molecule has 1 aliphatic rings. The molecule has 1 aliphatic heterocycles. The molecule has 3 rings (SSSR count). The molecular weight excluding hydrogens is 510 g/mol. The summed E-state index contributed by atoms with van der Waals surface area (Å²) in [6, 6.07) is 13.6. The van der Waals surface area contributed by atoms with Gasteiger partial charge in [-0.15, -0.1) is 0 Å². The summed E-state index contributed by atoms with van der Waals surface area (Å²) < 4.78 is 16.7. The van der Waals surface area contributed by atoms with Crippen LogP contribution in [0.1, 0.15) is 78.7 Å². The Kier molecular flexibility index (Phi) is 12.4. The first kappa shape index (κ1) is 30.6. The summed E-state index contributed by atoms with van der Waals surface area (Å²) in [7, 11) is 0. The van der Waals surface area contributed by atoms with E-state index in [0.29, 0.717) is 30.6 Å². The predicted octanol–water partition coefficient (Wildman–Crippen LogP) is 6.14. The van der Waals surface area contributed by atoms with E-state index in [9.17, 15) is 19.5 Å². The molecule has 1 amide bonds. The first-order valence-electron chi connectivity index (χ1n) is 13.9. The van der Waals surface area contributed by atoms with Crippen molar-refractivity contribution in [1.82, 2.24) is 5.32 Å². The summed E-state index contributed by atoms with van der Waals surface area (Å²) >= 11 is 0. The summed E-state index contributed by atoms with van der Waals surface area (Å²) in [5.74, 6) is -1.17. The SMILES string of the molecule is CCCCCOC(=O)N/C=C/C[C@H]1C[C@@H](O)[C@@H](C)C/C=C/Cc2cccc(OC(=O)c3ccccc3)c2C(=O)O1. The van der Waals surface area contributed by atoms with Gasteiger partial charge in [0, 0.05) is 19.0 Å². The number of rotatable bonds is 9. The smallest absolute Gasteiger partial charge is 0.411 e. The average Bonchev–Trinajstić information content (AvgIpc) is 2.95. The van der Waals surface area contributed by atoms with Crippen LogP contribution in [-0.2, 0) is 15.9 Å². The molecule has 0 bridgehead atoms. The summed E-state index contributed by atoms with van der Waals surface area (Å²) in [5.41, 5.74) is 1.19. The van der Waals surface area contributed by atoms with Crippen LogP contribution in [-0.4, -0.2) is 42.0 Å². The van der Waals surface area contributed by atoms with E-state index in [2.05, 4.69) is 12.2 Å². The van der Waals surface area contributed by atoms with Crippen molar-refractivity contribution in [2.45, 2.75) is 71.0 Å². The molecule has 0 saturated heterocycles. The number of carbonyl (C=O) groups excluding carboxylic acids is 3. The number of nitrogens with one attached hydrogen (secondary N) is 1. The largest absolute Gasteiger partial charge is 0.458 e. The highest BCUT2D eigenvalue weighted by atomic mass is 16.6. The number of aliphatic hydroxyl groups excluding tert-OH is 1. The number of ether oxygens (including phenoxy) is 3. The minimum absolute atomic E-state index is 0.0466. The molecule has 8 nitrogen and oxygen atoms in total. The molecule has 3 atom stereocenters. The van der Waals surface area contributed by atoms with E-state index in [4.69, 9.17) is 14.2 Å². The molecule has 0 aromatic heterocycles. The highest BCUT2D eigenvalue weighted by Gasteiger charge is 2.27. The topological polar surface area (TPSA) is 111 Å². The number of hydrogen-bond donors (Lipinski definition) is 2. The Morgan fingerprint density at radius 2 is 1.90 bits per heavy atom. The fourth-order valence-corrected chi connectivity index (χ4v) is 4.28. The van der Waals surface area contributed by atoms with Gasteiger partial charge < -0.3 is 19.3 Å². The molecule has 0 radical (unpaired) electrons. The van der Waals surface area contributed by atoms with Crippen molar-refractivity contribution in [3.8, 4) is 5.75 Å².